The number of anilines is 1. The summed E-state index contributed by atoms with van der Waals surface area (Å²) in [6.07, 6.45) is 0. The minimum absolute atomic E-state index is 0.0737. The van der Waals surface area contributed by atoms with Crippen molar-refractivity contribution in [2.45, 2.75) is 25.3 Å². The highest BCUT2D eigenvalue weighted by Gasteiger charge is 2.20. The van der Waals surface area contributed by atoms with Gasteiger partial charge in [-0.1, -0.05) is 17.7 Å². The monoisotopic (exact) mass is 308 g/mol. The standard InChI is InChI=1S/C15H17FN2O2S/c1-10-3-5-13(6-4-10)18-21(19,20)15-8-12(9-17)7-14(16)11(15)2/h3-8,18H,9,17H2,1-2H3. The van der Waals surface area contributed by atoms with Crippen LogP contribution in [0.4, 0.5) is 10.1 Å². The number of halogens is 1. The van der Waals surface area contributed by atoms with Gasteiger partial charge in [-0.15, -0.1) is 0 Å². The number of hydrogen-bond donors (Lipinski definition) is 2. The maximum Gasteiger partial charge on any atom is 0.262 e. The molecule has 0 aliphatic heterocycles. The highest BCUT2D eigenvalue weighted by atomic mass is 32.2. The number of nitrogens with two attached hydrogens (primary N) is 1. The summed E-state index contributed by atoms with van der Waals surface area (Å²) in [5.74, 6) is -0.581. The Balaban J connectivity index is 2.44. The van der Waals surface area contributed by atoms with E-state index in [0.717, 1.165) is 5.56 Å². The summed E-state index contributed by atoms with van der Waals surface area (Å²) in [7, 11) is -3.86. The van der Waals surface area contributed by atoms with Gasteiger partial charge in [-0.2, -0.15) is 0 Å². The van der Waals surface area contributed by atoms with Gasteiger partial charge >= 0.3 is 0 Å². The zero-order valence-corrected chi connectivity index (χ0v) is 12.7. The molecule has 3 N–H and O–H groups in total. The second-order valence-electron chi connectivity index (χ2n) is 4.88. The minimum atomic E-state index is -3.86. The average molecular weight is 308 g/mol. The van der Waals surface area contributed by atoms with Crippen LogP contribution in [0.5, 0.6) is 0 Å². The van der Waals surface area contributed by atoms with Crippen LogP contribution in [0.1, 0.15) is 16.7 Å². The predicted molar refractivity (Wildman–Crippen MR) is 81.0 cm³/mol. The van der Waals surface area contributed by atoms with E-state index in [0.29, 0.717) is 11.3 Å². The van der Waals surface area contributed by atoms with Crippen LogP contribution in [0.3, 0.4) is 0 Å². The molecule has 21 heavy (non-hydrogen) atoms. The number of aryl methyl sites for hydroxylation is 1. The SMILES string of the molecule is Cc1ccc(NS(=O)(=O)c2cc(CN)cc(F)c2C)cc1. The molecule has 2 aromatic carbocycles. The number of benzene rings is 2. The first kappa shape index (κ1) is 15.5. The summed E-state index contributed by atoms with van der Waals surface area (Å²) in [4.78, 5) is -0.0940. The molecule has 2 rings (SSSR count). The van der Waals surface area contributed by atoms with Gasteiger partial charge in [0.15, 0.2) is 0 Å². The molecule has 2 aromatic rings. The lowest BCUT2D eigenvalue weighted by atomic mass is 10.1. The van der Waals surface area contributed by atoms with Crippen LogP contribution in [0.25, 0.3) is 0 Å². The maximum atomic E-state index is 13.8. The van der Waals surface area contributed by atoms with E-state index in [2.05, 4.69) is 4.72 Å². The van der Waals surface area contributed by atoms with Crippen molar-refractivity contribution in [2.24, 2.45) is 5.73 Å². The summed E-state index contributed by atoms with van der Waals surface area (Å²) >= 11 is 0. The summed E-state index contributed by atoms with van der Waals surface area (Å²) in [6, 6.07) is 9.55. The van der Waals surface area contributed by atoms with Crippen molar-refractivity contribution in [1.29, 1.82) is 0 Å². The van der Waals surface area contributed by atoms with Crippen molar-refractivity contribution in [3.63, 3.8) is 0 Å². The average Bonchev–Trinajstić information content (AvgIpc) is 2.43. The topological polar surface area (TPSA) is 72.2 Å². The zero-order valence-electron chi connectivity index (χ0n) is 11.9. The van der Waals surface area contributed by atoms with Crippen LogP contribution in [0, 0.1) is 19.7 Å². The molecule has 0 spiro atoms. The molecule has 0 heterocycles. The van der Waals surface area contributed by atoms with Crippen molar-refractivity contribution < 1.29 is 12.8 Å². The lowest BCUT2D eigenvalue weighted by molar-refractivity contribution is 0.589. The molecule has 0 atom stereocenters. The van der Waals surface area contributed by atoms with E-state index in [9.17, 15) is 12.8 Å². The number of hydrogen-bond acceptors (Lipinski definition) is 3. The number of sulfonamides is 1. The van der Waals surface area contributed by atoms with Gasteiger partial charge in [-0.05, 0) is 43.7 Å². The molecule has 6 heteroatoms. The number of rotatable bonds is 4. The fraction of sp³-hybridized carbons (Fsp3) is 0.200. The van der Waals surface area contributed by atoms with Gasteiger partial charge in [-0.3, -0.25) is 4.72 Å². The van der Waals surface area contributed by atoms with Crippen molar-refractivity contribution >= 4 is 15.7 Å². The lowest BCUT2D eigenvalue weighted by Gasteiger charge is -2.12. The van der Waals surface area contributed by atoms with Gasteiger partial charge in [0.05, 0.1) is 4.90 Å². The van der Waals surface area contributed by atoms with Crippen molar-refractivity contribution in [3.05, 3.63) is 58.9 Å². The first-order chi connectivity index (χ1) is 9.83. The fourth-order valence-corrected chi connectivity index (χ4v) is 3.30. The third-order valence-corrected chi connectivity index (χ3v) is 4.69. The molecule has 112 valence electrons. The molecule has 0 radical (unpaired) electrons. The Morgan fingerprint density at radius 3 is 2.33 bits per heavy atom. The first-order valence-corrected chi connectivity index (χ1v) is 7.90. The Morgan fingerprint density at radius 1 is 1.14 bits per heavy atom. The highest BCUT2D eigenvalue weighted by Crippen LogP contribution is 2.23. The largest absolute Gasteiger partial charge is 0.326 e. The molecule has 0 aromatic heterocycles. The summed E-state index contributed by atoms with van der Waals surface area (Å²) < 4.78 is 41.1. The lowest BCUT2D eigenvalue weighted by Crippen LogP contribution is -2.16. The molecule has 0 bridgehead atoms. The zero-order chi connectivity index (χ0) is 15.6. The van der Waals surface area contributed by atoms with Gasteiger partial charge in [0.25, 0.3) is 10.0 Å². The molecule has 0 saturated heterocycles. The van der Waals surface area contributed by atoms with E-state index in [-0.39, 0.29) is 17.0 Å². The third-order valence-electron chi connectivity index (χ3n) is 3.19. The predicted octanol–water partition coefficient (Wildman–Crippen LogP) is 2.70. The van der Waals surface area contributed by atoms with E-state index in [1.807, 2.05) is 6.92 Å². The van der Waals surface area contributed by atoms with Gasteiger partial charge in [-0.25, -0.2) is 12.8 Å². The van der Waals surface area contributed by atoms with Crippen molar-refractivity contribution in [1.82, 2.24) is 0 Å². The Labute approximate surface area is 123 Å². The Bertz CT molecular complexity index is 756. The quantitative estimate of drug-likeness (QED) is 0.912. The molecular weight excluding hydrogens is 291 g/mol. The van der Waals surface area contributed by atoms with E-state index in [4.69, 9.17) is 5.73 Å². The molecule has 0 aliphatic carbocycles. The van der Waals surface area contributed by atoms with Gasteiger partial charge in [0, 0.05) is 17.8 Å². The highest BCUT2D eigenvalue weighted by molar-refractivity contribution is 7.92. The molecule has 0 aliphatic rings. The van der Waals surface area contributed by atoms with Crippen LogP contribution < -0.4 is 10.5 Å². The van der Waals surface area contributed by atoms with E-state index >= 15 is 0 Å². The normalized spacial score (nSPS) is 11.4. The van der Waals surface area contributed by atoms with Gasteiger partial charge in [0.2, 0.25) is 0 Å². The van der Waals surface area contributed by atoms with Gasteiger partial charge < -0.3 is 5.73 Å². The minimum Gasteiger partial charge on any atom is -0.326 e. The second-order valence-corrected chi connectivity index (χ2v) is 6.53. The van der Waals surface area contributed by atoms with Crippen molar-refractivity contribution in [2.75, 3.05) is 4.72 Å². The maximum absolute atomic E-state index is 13.8. The summed E-state index contributed by atoms with van der Waals surface area (Å²) in [5.41, 5.74) is 7.42. The molecular formula is C15H17FN2O2S. The van der Waals surface area contributed by atoms with Crippen LogP contribution >= 0.6 is 0 Å². The third kappa shape index (κ3) is 3.40. The smallest absolute Gasteiger partial charge is 0.262 e. The van der Waals surface area contributed by atoms with Crippen LogP contribution in [0.15, 0.2) is 41.3 Å². The van der Waals surface area contributed by atoms with E-state index < -0.39 is 15.8 Å². The molecule has 0 amide bonds. The Hall–Kier alpha value is -1.92. The summed E-state index contributed by atoms with van der Waals surface area (Å²) in [5, 5.41) is 0. The molecule has 0 fully saturated rings. The van der Waals surface area contributed by atoms with Crippen LogP contribution in [-0.4, -0.2) is 8.42 Å². The van der Waals surface area contributed by atoms with Gasteiger partial charge in [0.1, 0.15) is 5.82 Å². The number of nitrogens with one attached hydrogen (secondary N) is 1. The second kappa shape index (κ2) is 5.83. The summed E-state index contributed by atoms with van der Waals surface area (Å²) in [6.45, 7) is 3.41. The van der Waals surface area contributed by atoms with Crippen molar-refractivity contribution in [3.8, 4) is 0 Å². The molecule has 0 saturated carbocycles. The molecule has 4 nitrogen and oxygen atoms in total. The van der Waals surface area contributed by atoms with E-state index in [1.54, 1.807) is 24.3 Å². The van der Waals surface area contributed by atoms with E-state index in [1.165, 1.54) is 19.1 Å². The molecule has 0 unspecified atom stereocenters. The Morgan fingerprint density at radius 2 is 1.76 bits per heavy atom. The van der Waals surface area contributed by atoms with Crippen LogP contribution in [0.2, 0.25) is 0 Å². The van der Waals surface area contributed by atoms with Crippen LogP contribution in [-0.2, 0) is 16.6 Å². The first-order valence-electron chi connectivity index (χ1n) is 6.42. The Kier molecular flexibility index (Phi) is 4.29. The fourth-order valence-electron chi connectivity index (χ4n) is 1.94.